The summed E-state index contributed by atoms with van der Waals surface area (Å²) in [6.07, 6.45) is 0.156. The van der Waals surface area contributed by atoms with E-state index in [9.17, 15) is 9.59 Å². The molecule has 0 aliphatic carbocycles. The molecule has 1 N–H and O–H groups in total. The van der Waals surface area contributed by atoms with Crippen LogP contribution in [0, 0.1) is 0 Å². The second kappa shape index (κ2) is 11.3. The van der Waals surface area contributed by atoms with E-state index in [1.165, 1.54) is 11.8 Å². The van der Waals surface area contributed by atoms with E-state index < -0.39 is 12.0 Å². The first-order chi connectivity index (χ1) is 17.4. The lowest BCUT2D eigenvalue weighted by molar-refractivity contribution is -0.141. The number of carbonyl (C=O) groups excluding carboxylic acids is 2. The number of hydrogen-bond donors (Lipinski definition) is 1. The molecule has 8 nitrogen and oxygen atoms in total. The van der Waals surface area contributed by atoms with Crippen molar-refractivity contribution < 1.29 is 23.8 Å². The number of amides is 1. The monoisotopic (exact) mass is 507 g/mol. The van der Waals surface area contributed by atoms with Crippen molar-refractivity contribution in [2.75, 3.05) is 20.8 Å². The Hall–Kier alpha value is -3.72. The van der Waals surface area contributed by atoms with Crippen LogP contribution in [-0.2, 0) is 20.9 Å². The third-order valence-corrected chi connectivity index (χ3v) is 6.73. The number of fused-ring (bicyclic) bond motifs is 1. The lowest BCUT2D eigenvalue weighted by Crippen LogP contribution is -2.38. The summed E-state index contributed by atoms with van der Waals surface area (Å²) in [5.41, 5.74) is 3.35. The summed E-state index contributed by atoms with van der Waals surface area (Å²) in [6.45, 7) is 4.35. The molecule has 1 atom stereocenters. The molecular formula is C27H29N3O5S. The Labute approximate surface area is 215 Å². The highest BCUT2D eigenvalue weighted by molar-refractivity contribution is 8.16. The van der Waals surface area contributed by atoms with Crippen LogP contribution in [0.25, 0.3) is 0 Å². The molecule has 2 aromatic carbocycles. The predicted molar refractivity (Wildman–Crippen MR) is 139 cm³/mol. The Morgan fingerprint density at radius 2 is 1.78 bits per heavy atom. The normalized spacial score (nSPS) is 16.7. The van der Waals surface area contributed by atoms with Crippen LogP contribution in [0.5, 0.6) is 11.5 Å². The number of nitrogens with zero attached hydrogens (tertiary/aromatic N) is 2. The number of allylic oxidation sites excluding steroid dienone is 1. The fourth-order valence-electron chi connectivity index (χ4n) is 4.16. The zero-order chi connectivity index (χ0) is 25.7. The van der Waals surface area contributed by atoms with Crippen LogP contribution in [0.3, 0.4) is 0 Å². The Balaban J connectivity index is 1.75. The van der Waals surface area contributed by atoms with Crippen LogP contribution in [0.4, 0.5) is 0 Å². The first-order valence-corrected chi connectivity index (χ1v) is 12.5. The van der Waals surface area contributed by atoms with Gasteiger partial charge in [0, 0.05) is 18.3 Å². The van der Waals surface area contributed by atoms with Crippen LogP contribution < -0.4 is 14.8 Å². The summed E-state index contributed by atoms with van der Waals surface area (Å²) in [6, 6.07) is 14.4. The zero-order valence-corrected chi connectivity index (χ0v) is 21.6. The Kier molecular flexibility index (Phi) is 8.00. The first kappa shape index (κ1) is 25.4. The molecule has 188 valence electrons. The van der Waals surface area contributed by atoms with Crippen LogP contribution >= 0.6 is 11.8 Å². The molecule has 0 spiro atoms. The standard InChI is InChI=1S/C27H29N3O5S/c1-5-28-23(31)13-20-16-36-27-29-17(2)24(26(32)35-15-18-9-7-6-8-10-18)25(30(20)27)19-11-21(33-3)14-22(12-19)34-4/h6-12,14,16,25H,5,13,15H2,1-4H3,(H,28,31). The van der Waals surface area contributed by atoms with Gasteiger partial charge in [0.05, 0.1) is 38.0 Å². The highest BCUT2D eigenvalue weighted by atomic mass is 32.2. The fraction of sp³-hybridized carbons (Fsp3) is 0.296. The van der Waals surface area contributed by atoms with Gasteiger partial charge < -0.3 is 24.4 Å². The molecule has 1 unspecified atom stereocenters. The number of carbonyl (C=O) groups is 2. The number of hydrogen-bond acceptors (Lipinski definition) is 8. The molecule has 0 bridgehead atoms. The van der Waals surface area contributed by atoms with Gasteiger partial charge in [-0.2, -0.15) is 0 Å². The van der Waals surface area contributed by atoms with E-state index >= 15 is 0 Å². The second-order valence-electron chi connectivity index (χ2n) is 8.23. The second-order valence-corrected chi connectivity index (χ2v) is 9.07. The van der Waals surface area contributed by atoms with Crippen LogP contribution in [0.2, 0.25) is 0 Å². The SMILES string of the molecule is CCNC(=O)CC1=CSC2=NC(C)=C(C(=O)OCc3ccccc3)C(c3cc(OC)cc(OC)c3)N12. The van der Waals surface area contributed by atoms with Gasteiger partial charge in [0.2, 0.25) is 5.91 Å². The summed E-state index contributed by atoms with van der Waals surface area (Å²) in [7, 11) is 3.16. The van der Waals surface area contributed by atoms with Crippen molar-refractivity contribution in [1.29, 1.82) is 0 Å². The van der Waals surface area contributed by atoms with E-state index in [-0.39, 0.29) is 18.9 Å². The van der Waals surface area contributed by atoms with E-state index in [1.54, 1.807) is 27.2 Å². The van der Waals surface area contributed by atoms with Gasteiger partial charge in [-0.3, -0.25) is 4.79 Å². The molecular weight excluding hydrogens is 478 g/mol. The van der Waals surface area contributed by atoms with Crippen molar-refractivity contribution in [1.82, 2.24) is 10.2 Å². The van der Waals surface area contributed by atoms with E-state index in [0.717, 1.165) is 16.8 Å². The number of amidine groups is 1. The van der Waals surface area contributed by atoms with Crippen LogP contribution in [-0.4, -0.2) is 42.7 Å². The van der Waals surface area contributed by atoms with Gasteiger partial charge in [0.25, 0.3) is 0 Å². The van der Waals surface area contributed by atoms with Crippen LogP contribution in [0.15, 0.2) is 75.9 Å². The molecule has 2 aromatic rings. The number of esters is 1. The van der Waals surface area contributed by atoms with Crippen LogP contribution in [0.1, 0.15) is 37.4 Å². The molecule has 2 heterocycles. The average molecular weight is 508 g/mol. The van der Waals surface area contributed by atoms with Gasteiger partial charge in [0.15, 0.2) is 5.17 Å². The van der Waals surface area contributed by atoms with Crippen molar-refractivity contribution >= 4 is 28.8 Å². The molecule has 2 aliphatic rings. The topological polar surface area (TPSA) is 89.5 Å². The van der Waals surface area contributed by atoms with Gasteiger partial charge >= 0.3 is 5.97 Å². The third kappa shape index (κ3) is 5.41. The maximum atomic E-state index is 13.6. The fourth-order valence-corrected chi connectivity index (χ4v) is 5.12. The van der Waals surface area contributed by atoms with Gasteiger partial charge in [-0.15, -0.1) is 0 Å². The summed E-state index contributed by atoms with van der Waals surface area (Å²) in [5, 5.41) is 5.44. The summed E-state index contributed by atoms with van der Waals surface area (Å²) < 4.78 is 16.8. The number of benzene rings is 2. The summed E-state index contributed by atoms with van der Waals surface area (Å²) in [4.78, 5) is 32.7. The van der Waals surface area contributed by atoms with Crippen molar-refractivity contribution in [2.24, 2.45) is 4.99 Å². The maximum Gasteiger partial charge on any atom is 0.338 e. The zero-order valence-electron chi connectivity index (χ0n) is 20.7. The summed E-state index contributed by atoms with van der Waals surface area (Å²) >= 11 is 1.43. The minimum atomic E-state index is -0.583. The number of thioether (sulfide) groups is 1. The molecule has 4 rings (SSSR count). The first-order valence-electron chi connectivity index (χ1n) is 11.6. The quantitative estimate of drug-likeness (QED) is 0.498. The van der Waals surface area contributed by atoms with E-state index in [1.807, 2.05) is 59.7 Å². The summed E-state index contributed by atoms with van der Waals surface area (Å²) in [5.74, 6) is 0.598. The number of aliphatic imine (C=N–C) groups is 1. The van der Waals surface area contributed by atoms with Gasteiger partial charge in [-0.25, -0.2) is 9.79 Å². The Morgan fingerprint density at radius 3 is 2.42 bits per heavy atom. The Morgan fingerprint density at radius 1 is 1.08 bits per heavy atom. The molecule has 0 aromatic heterocycles. The van der Waals surface area contributed by atoms with Crippen molar-refractivity contribution in [2.45, 2.75) is 32.9 Å². The van der Waals surface area contributed by atoms with E-state index in [0.29, 0.717) is 34.5 Å². The lowest BCUT2D eigenvalue weighted by atomic mass is 9.93. The van der Waals surface area contributed by atoms with Crippen molar-refractivity contribution in [3.63, 3.8) is 0 Å². The molecule has 0 saturated carbocycles. The predicted octanol–water partition coefficient (Wildman–Crippen LogP) is 4.55. The highest BCUT2D eigenvalue weighted by Crippen LogP contribution is 2.46. The smallest absolute Gasteiger partial charge is 0.338 e. The van der Waals surface area contributed by atoms with Gasteiger partial charge in [-0.05, 0) is 42.5 Å². The average Bonchev–Trinajstić information content (AvgIpc) is 3.28. The molecule has 2 aliphatic heterocycles. The van der Waals surface area contributed by atoms with Crippen molar-refractivity contribution in [3.05, 3.63) is 82.0 Å². The highest BCUT2D eigenvalue weighted by Gasteiger charge is 2.41. The lowest BCUT2D eigenvalue weighted by Gasteiger charge is -2.36. The van der Waals surface area contributed by atoms with Gasteiger partial charge in [-0.1, -0.05) is 42.1 Å². The van der Waals surface area contributed by atoms with Crippen molar-refractivity contribution in [3.8, 4) is 11.5 Å². The third-order valence-electron chi connectivity index (χ3n) is 5.84. The van der Waals surface area contributed by atoms with E-state index in [2.05, 4.69) is 5.32 Å². The molecule has 0 radical (unpaired) electrons. The van der Waals surface area contributed by atoms with Gasteiger partial charge in [0.1, 0.15) is 18.1 Å². The maximum absolute atomic E-state index is 13.6. The number of ether oxygens (including phenoxy) is 3. The minimum absolute atomic E-state index is 0.105. The Bertz CT molecular complexity index is 1220. The minimum Gasteiger partial charge on any atom is -0.497 e. The number of rotatable bonds is 9. The molecule has 9 heteroatoms. The molecule has 0 saturated heterocycles. The largest absolute Gasteiger partial charge is 0.497 e. The number of nitrogens with one attached hydrogen (secondary N) is 1. The number of methoxy groups -OCH3 is 2. The molecule has 36 heavy (non-hydrogen) atoms. The molecule has 0 fully saturated rings. The van der Waals surface area contributed by atoms with E-state index in [4.69, 9.17) is 19.2 Å². The molecule has 1 amide bonds.